The number of nitrogens with zero attached hydrogens (tertiary/aromatic N) is 2. The van der Waals surface area contributed by atoms with Crippen molar-refractivity contribution in [2.75, 3.05) is 13.1 Å². The molecule has 2 aromatic rings. The van der Waals surface area contributed by atoms with Gasteiger partial charge in [0.15, 0.2) is 5.69 Å². The number of amides is 1. The number of hydrogen-bond donors (Lipinski definition) is 2. The van der Waals surface area contributed by atoms with Crippen LogP contribution < -0.4 is 5.32 Å². The molecule has 0 aliphatic carbocycles. The maximum absolute atomic E-state index is 14.0. The van der Waals surface area contributed by atoms with E-state index < -0.39 is 0 Å². The molecule has 3 rings (SSSR count). The molecule has 0 saturated carbocycles. The van der Waals surface area contributed by atoms with Gasteiger partial charge in [0, 0.05) is 53.9 Å². The van der Waals surface area contributed by atoms with Crippen molar-refractivity contribution < 1.29 is 9.18 Å². The predicted octanol–water partition coefficient (Wildman–Crippen LogP) is 3.04. The highest BCUT2D eigenvalue weighted by atomic mass is 79.9. The van der Waals surface area contributed by atoms with E-state index in [0.717, 1.165) is 28.7 Å². The molecule has 1 aromatic heterocycles. The summed E-state index contributed by atoms with van der Waals surface area (Å²) in [5.74, 6) is -0.488. The Hall–Kier alpha value is -1.44. The number of fused-ring (bicyclic) bond motifs is 1. The summed E-state index contributed by atoms with van der Waals surface area (Å²) in [6.07, 6.45) is 0.835. The van der Waals surface area contributed by atoms with Crippen LogP contribution in [-0.4, -0.2) is 34.1 Å². The van der Waals surface area contributed by atoms with Crippen molar-refractivity contribution in [1.29, 1.82) is 0 Å². The van der Waals surface area contributed by atoms with E-state index in [1.165, 1.54) is 6.07 Å². The molecule has 2 heterocycles. The van der Waals surface area contributed by atoms with Gasteiger partial charge in [-0.25, -0.2) is 4.39 Å². The van der Waals surface area contributed by atoms with Crippen molar-refractivity contribution in [2.24, 2.45) is 0 Å². The Kier molecular flexibility index (Phi) is 6.37. The van der Waals surface area contributed by atoms with Gasteiger partial charge in [-0.1, -0.05) is 15.9 Å². The van der Waals surface area contributed by atoms with E-state index in [4.69, 9.17) is 0 Å². The normalized spacial score (nSPS) is 13.1. The lowest BCUT2D eigenvalue weighted by atomic mass is 10.1. The van der Waals surface area contributed by atoms with Gasteiger partial charge >= 0.3 is 0 Å². The Morgan fingerprint density at radius 3 is 3.00 bits per heavy atom. The summed E-state index contributed by atoms with van der Waals surface area (Å²) in [6, 6.07) is 4.75. The largest absolute Gasteiger partial charge is 0.333 e. The number of carbonyl (C=O) groups is 1. The van der Waals surface area contributed by atoms with E-state index in [0.29, 0.717) is 24.3 Å². The van der Waals surface area contributed by atoms with Crippen LogP contribution in [0.4, 0.5) is 4.39 Å². The highest BCUT2D eigenvalue weighted by molar-refractivity contribution is 9.10. The molecule has 0 unspecified atom stereocenters. The number of halogens is 3. The van der Waals surface area contributed by atoms with E-state index in [1.807, 2.05) is 6.92 Å². The van der Waals surface area contributed by atoms with Crippen LogP contribution in [0, 0.1) is 5.82 Å². The summed E-state index contributed by atoms with van der Waals surface area (Å²) in [5, 5.41) is 10.4. The number of rotatable bonds is 4. The van der Waals surface area contributed by atoms with E-state index in [9.17, 15) is 9.18 Å². The van der Waals surface area contributed by atoms with Crippen LogP contribution in [0.3, 0.4) is 0 Å². The lowest BCUT2D eigenvalue weighted by molar-refractivity contribution is 0.0743. The van der Waals surface area contributed by atoms with Crippen LogP contribution >= 0.6 is 28.3 Å². The molecule has 2 N–H and O–H groups in total. The molecule has 0 atom stereocenters. The van der Waals surface area contributed by atoms with Gasteiger partial charge in [0.1, 0.15) is 5.82 Å². The van der Waals surface area contributed by atoms with Crippen LogP contribution in [0.2, 0.25) is 0 Å². The Bertz CT molecular complexity index is 737. The highest BCUT2D eigenvalue weighted by Gasteiger charge is 2.25. The van der Waals surface area contributed by atoms with E-state index >= 15 is 0 Å². The number of hydrogen-bond acceptors (Lipinski definition) is 3. The molecule has 0 spiro atoms. The average Bonchev–Trinajstić information content (AvgIpc) is 2.99. The van der Waals surface area contributed by atoms with Crippen molar-refractivity contribution >= 4 is 34.2 Å². The van der Waals surface area contributed by atoms with Gasteiger partial charge in [-0.05, 0) is 25.1 Å². The van der Waals surface area contributed by atoms with Gasteiger partial charge in [0.25, 0.3) is 5.91 Å². The summed E-state index contributed by atoms with van der Waals surface area (Å²) in [7, 11) is 0. The second-order valence-corrected chi connectivity index (χ2v) is 6.43. The minimum Gasteiger partial charge on any atom is -0.333 e. The summed E-state index contributed by atoms with van der Waals surface area (Å²) in [5.41, 5.74) is 2.85. The maximum Gasteiger partial charge on any atom is 0.274 e. The Labute approximate surface area is 154 Å². The Morgan fingerprint density at radius 1 is 1.46 bits per heavy atom. The zero-order valence-corrected chi connectivity index (χ0v) is 15.6. The van der Waals surface area contributed by atoms with Crippen molar-refractivity contribution in [3.05, 3.63) is 51.0 Å². The smallest absolute Gasteiger partial charge is 0.274 e. The van der Waals surface area contributed by atoms with E-state index in [-0.39, 0.29) is 30.7 Å². The number of H-pyrrole nitrogens is 1. The summed E-state index contributed by atoms with van der Waals surface area (Å²) >= 11 is 3.34. The van der Waals surface area contributed by atoms with Crippen molar-refractivity contribution in [3.63, 3.8) is 0 Å². The number of nitrogens with one attached hydrogen (secondary N) is 2. The minimum atomic E-state index is -0.315. The summed E-state index contributed by atoms with van der Waals surface area (Å²) in [4.78, 5) is 14.4. The number of aromatic amines is 1. The van der Waals surface area contributed by atoms with Crippen molar-refractivity contribution in [3.8, 4) is 0 Å². The predicted molar refractivity (Wildman–Crippen MR) is 95.8 cm³/mol. The molecular formula is C16H19BrClFN4O. The standard InChI is InChI=1S/C16H18BrFN4O.ClH/c1-2-22(9-10-7-11(17)3-4-13(10)18)16(23)15-12-8-19-6-5-14(12)20-21-15;/h3-4,7,19H,2,5-6,8-9H2,1H3,(H,20,21);1H. The summed E-state index contributed by atoms with van der Waals surface area (Å²) < 4.78 is 14.7. The first-order chi connectivity index (χ1) is 11.1. The van der Waals surface area contributed by atoms with Gasteiger partial charge in [0.2, 0.25) is 0 Å². The third-order valence-corrected chi connectivity index (χ3v) is 4.54. The topological polar surface area (TPSA) is 61.0 Å². The molecule has 0 fully saturated rings. The molecule has 1 aromatic carbocycles. The minimum absolute atomic E-state index is 0. The summed E-state index contributed by atoms with van der Waals surface area (Å²) in [6.45, 7) is 4.10. The molecule has 0 saturated heterocycles. The SMILES string of the molecule is CCN(Cc1cc(Br)ccc1F)C(=O)c1n[nH]c2c1CNCC2.Cl. The molecule has 0 bridgehead atoms. The van der Waals surface area contributed by atoms with Crippen LogP contribution in [-0.2, 0) is 19.5 Å². The first-order valence-corrected chi connectivity index (χ1v) is 8.39. The average molecular weight is 418 g/mol. The van der Waals surface area contributed by atoms with Gasteiger partial charge in [0.05, 0.1) is 0 Å². The van der Waals surface area contributed by atoms with Gasteiger partial charge < -0.3 is 10.2 Å². The molecular weight excluding hydrogens is 399 g/mol. The Balaban J connectivity index is 0.00000208. The van der Waals surface area contributed by atoms with E-state index in [2.05, 4.69) is 31.4 Å². The highest BCUT2D eigenvalue weighted by Crippen LogP contribution is 2.20. The second-order valence-electron chi connectivity index (χ2n) is 5.51. The second kappa shape index (κ2) is 8.09. The third-order valence-electron chi connectivity index (χ3n) is 4.05. The monoisotopic (exact) mass is 416 g/mol. The zero-order chi connectivity index (χ0) is 16.4. The van der Waals surface area contributed by atoms with Crippen LogP contribution in [0.25, 0.3) is 0 Å². The number of carbonyl (C=O) groups excluding carboxylic acids is 1. The fraction of sp³-hybridized carbons (Fsp3) is 0.375. The fourth-order valence-electron chi connectivity index (χ4n) is 2.75. The lowest BCUT2D eigenvalue weighted by Crippen LogP contribution is -2.33. The number of benzene rings is 1. The number of aromatic nitrogens is 2. The molecule has 1 aliphatic heterocycles. The lowest BCUT2D eigenvalue weighted by Gasteiger charge is -2.22. The molecule has 1 amide bonds. The van der Waals surface area contributed by atoms with E-state index in [1.54, 1.807) is 17.0 Å². The molecule has 0 radical (unpaired) electrons. The van der Waals surface area contributed by atoms with Crippen molar-refractivity contribution in [2.45, 2.75) is 26.4 Å². The first kappa shape index (κ1) is 18.9. The third kappa shape index (κ3) is 3.79. The zero-order valence-electron chi connectivity index (χ0n) is 13.2. The molecule has 8 heteroatoms. The van der Waals surface area contributed by atoms with Gasteiger partial charge in [-0.15, -0.1) is 12.4 Å². The van der Waals surface area contributed by atoms with Crippen LogP contribution in [0.1, 0.15) is 34.2 Å². The maximum atomic E-state index is 14.0. The molecule has 1 aliphatic rings. The van der Waals surface area contributed by atoms with Crippen LogP contribution in [0.5, 0.6) is 0 Å². The Morgan fingerprint density at radius 2 is 2.25 bits per heavy atom. The first-order valence-electron chi connectivity index (χ1n) is 7.60. The van der Waals surface area contributed by atoms with Gasteiger partial charge in [-0.3, -0.25) is 9.89 Å². The molecule has 5 nitrogen and oxygen atoms in total. The quantitative estimate of drug-likeness (QED) is 0.804. The molecule has 24 heavy (non-hydrogen) atoms. The molecule has 130 valence electrons. The van der Waals surface area contributed by atoms with Crippen molar-refractivity contribution in [1.82, 2.24) is 20.4 Å². The van der Waals surface area contributed by atoms with Gasteiger partial charge in [-0.2, -0.15) is 5.10 Å². The fourth-order valence-corrected chi connectivity index (χ4v) is 3.16. The van der Waals surface area contributed by atoms with Crippen LogP contribution in [0.15, 0.2) is 22.7 Å².